The Balaban J connectivity index is 1.95. The Bertz CT molecular complexity index is 328. The van der Waals surface area contributed by atoms with E-state index in [9.17, 15) is 0 Å². The van der Waals surface area contributed by atoms with E-state index in [1.54, 1.807) is 0 Å². The molecule has 1 heterocycles. The molecule has 84 valence electrons. The van der Waals surface area contributed by atoms with Crippen LogP contribution in [0.2, 0.25) is 0 Å². The van der Waals surface area contributed by atoms with Gasteiger partial charge in [-0.25, -0.2) is 0 Å². The zero-order valence-electron chi connectivity index (χ0n) is 9.49. The van der Waals surface area contributed by atoms with Gasteiger partial charge in [-0.3, -0.25) is 0 Å². The zero-order valence-corrected chi connectivity index (χ0v) is 9.49. The fourth-order valence-electron chi connectivity index (χ4n) is 1.92. The summed E-state index contributed by atoms with van der Waals surface area (Å²) in [4.78, 5) is 4.36. The Morgan fingerprint density at radius 2 is 2.20 bits per heavy atom. The van der Waals surface area contributed by atoms with Crippen LogP contribution in [0.1, 0.15) is 44.8 Å². The highest BCUT2D eigenvalue weighted by atomic mass is 16.5. The number of aromatic nitrogens is 2. The van der Waals surface area contributed by atoms with Crippen LogP contribution in [0.4, 0.5) is 0 Å². The van der Waals surface area contributed by atoms with Gasteiger partial charge in [-0.05, 0) is 25.2 Å². The first-order valence-electron chi connectivity index (χ1n) is 5.68. The van der Waals surface area contributed by atoms with E-state index >= 15 is 0 Å². The van der Waals surface area contributed by atoms with E-state index in [-0.39, 0.29) is 5.54 Å². The molecule has 0 bridgehead atoms. The van der Waals surface area contributed by atoms with Crippen LogP contribution in [0.25, 0.3) is 0 Å². The van der Waals surface area contributed by atoms with Crippen molar-refractivity contribution in [2.75, 3.05) is 0 Å². The van der Waals surface area contributed by atoms with Crippen molar-refractivity contribution in [3.05, 3.63) is 11.7 Å². The summed E-state index contributed by atoms with van der Waals surface area (Å²) in [7, 11) is 0. The number of nitrogens with zero attached hydrogens (tertiary/aromatic N) is 2. The molecular weight excluding hydrogens is 190 g/mol. The van der Waals surface area contributed by atoms with Gasteiger partial charge in [0, 0.05) is 18.4 Å². The van der Waals surface area contributed by atoms with Crippen LogP contribution < -0.4 is 5.73 Å². The summed E-state index contributed by atoms with van der Waals surface area (Å²) in [5, 5.41) is 3.96. The van der Waals surface area contributed by atoms with Crippen molar-refractivity contribution in [2.24, 2.45) is 11.7 Å². The van der Waals surface area contributed by atoms with Crippen molar-refractivity contribution in [1.29, 1.82) is 0 Å². The summed E-state index contributed by atoms with van der Waals surface area (Å²) in [6, 6.07) is 0. The van der Waals surface area contributed by atoms with Gasteiger partial charge >= 0.3 is 0 Å². The number of rotatable bonds is 4. The smallest absolute Gasteiger partial charge is 0.228 e. The van der Waals surface area contributed by atoms with E-state index in [0.29, 0.717) is 11.8 Å². The van der Waals surface area contributed by atoms with E-state index in [1.807, 2.05) is 0 Å². The number of nitrogens with two attached hydrogens (primary N) is 1. The van der Waals surface area contributed by atoms with Gasteiger partial charge < -0.3 is 10.3 Å². The summed E-state index contributed by atoms with van der Waals surface area (Å²) in [6.45, 7) is 4.29. The molecule has 1 fully saturated rings. The topological polar surface area (TPSA) is 64.9 Å². The molecule has 0 amide bonds. The normalized spacial score (nSPS) is 19.2. The summed E-state index contributed by atoms with van der Waals surface area (Å²) in [5.41, 5.74) is 6.05. The summed E-state index contributed by atoms with van der Waals surface area (Å²) >= 11 is 0. The molecule has 1 saturated carbocycles. The maximum absolute atomic E-state index is 6.12. The van der Waals surface area contributed by atoms with E-state index in [4.69, 9.17) is 10.3 Å². The van der Waals surface area contributed by atoms with Gasteiger partial charge in [0.25, 0.3) is 0 Å². The molecule has 0 radical (unpaired) electrons. The molecule has 0 aliphatic heterocycles. The highest BCUT2D eigenvalue weighted by molar-refractivity contribution is 5.01. The molecule has 0 spiro atoms. The van der Waals surface area contributed by atoms with Crippen LogP contribution in [0.3, 0.4) is 0 Å². The molecule has 1 aromatic heterocycles. The van der Waals surface area contributed by atoms with Crippen molar-refractivity contribution >= 4 is 0 Å². The van der Waals surface area contributed by atoms with Crippen molar-refractivity contribution in [3.63, 3.8) is 0 Å². The zero-order chi connectivity index (χ0) is 10.9. The second-order valence-electron chi connectivity index (χ2n) is 5.10. The first-order chi connectivity index (χ1) is 7.07. The third-order valence-corrected chi connectivity index (χ3v) is 2.95. The highest BCUT2D eigenvalue weighted by Crippen LogP contribution is 2.31. The molecule has 2 N–H and O–H groups in total. The lowest BCUT2D eigenvalue weighted by molar-refractivity contribution is 0.221. The highest BCUT2D eigenvalue weighted by Gasteiger charge is 2.34. The Morgan fingerprint density at radius 3 is 2.73 bits per heavy atom. The van der Waals surface area contributed by atoms with Gasteiger partial charge in [0.15, 0.2) is 5.82 Å². The number of hydrogen-bond acceptors (Lipinski definition) is 4. The quantitative estimate of drug-likeness (QED) is 0.819. The van der Waals surface area contributed by atoms with Gasteiger partial charge in [0.1, 0.15) is 0 Å². The molecular formula is C11H19N3O. The summed E-state index contributed by atoms with van der Waals surface area (Å²) in [6.07, 6.45) is 4.99. The van der Waals surface area contributed by atoms with Crippen LogP contribution in [0, 0.1) is 5.92 Å². The minimum atomic E-state index is -0.0678. The fraction of sp³-hybridized carbons (Fsp3) is 0.818. The molecule has 1 aliphatic carbocycles. The Morgan fingerprint density at radius 1 is 1.47 bits per heavy atom. The van der Waals surface area contributed by atoms with Gasteiger partial charge in [-0.15, -0.1) is 0 Å². The molecule has 2 rings (SSSR count). The molecule has 1 aromatic rings. The third-order valence-electron chi connectivity index (χ3n) is 2.95. The SMILES string of the molecule is CC(C)Cc1noc(CC2(N)CCC2)n1. The molecule has 0 unspecified atom stereocenters. The molecule has 0 saturated heterocycles. The largest absolute Gasteiger partial charge is 0.339 e. The van der Waals surface area contributed by atoms with Crippen LogP contribution in [-0.2, 0) is 12.8 Å². The van der Waals surface area contributed by atoms with Crippen molar-refractivity contribution in [1.82, 2.24) is 10.1 Å². The molecule has 0 aromatic carbocycles. The van der Waals surface area contributed by atoms with Crippen LogP contribution in [0.5, 0.6) is 0 Å². The second kappa shape index (κ2) is 3.93. The predicted octanol–water partition coefficient (Wildman–Crippen LogP) is 1.69. The molecule has 15 heavy (non-hydrogen) atoms. The lowest BCUT2D eigenvalue weighted by Gasteiger charge is -2.36. The Kier molecular flexibility index (Phi) is 2.78. The van der Waals surface area contributed by atoms with Crippen molar-refractivity contribution in [3.8, 4) is 0 Å². The van der Waals surface area contributed by atoms with Gasteiger partial charge in [-0.2, -0.15) is 4.98 Å². The van der Waals surface area contributed by atoms with Crippen LogP contribution in [0.15, 0.2) is 4.52 Å². The molecule has 4 nitrogen and oxygen atoms in total. The number of hydrogen-bond donors (Lipinski definition) is 1. The van der Waals surface area contributed by atoms with Crippen LogP contribution in [-0.4, -0.2) is 15.7 Å². The van der Waals surface area contributed by atoms with Crippen LogP contribution >= 0.6 is 0 Å². The molecule has 1 aliphatic rings. The van der Waals surface area contributed by atoms with Gasteiger partial charge in [0.05, 0.1) is 0 Å². The van der Waals surface area contributed by atoms with Crippen molar-refractivity contribution < 1.29 is 4.52 Å². The Hall–Kier alpha value is -0.900. The predicted molar refractivity (Wildman–Crippen MR) is 57.3 cm³/mol. The van der Waals surface area contributed by atoms with Crippen molar-refractivity contribution in [2.45, 2.75) is 51.5 Å². The second-order valence-corrected chi connectivity index (χ2v) is 5.10. The summed E-state index contributed by atoms with van der Waals surface area (Å²) < 4.78 is 5.20. The summed E-state index contributed by atoms with van der Waals surface area (Å²) in [5.74, 6) is 2.07. The lowest BCUT2D eigenvalue weighted by atomic mass is 9.75. The average molecular weight is 209 g/mol. The van der Waals surface area contributed by atoms with E-state index < -0.39 is 0 Å². The van der Waals surface area contributed by atoms with E-state index in [0.717, 1.165) is 31.5 Å². The molecule has 0 atom stereocenters. The minimum absolute atomic E-state index is 0.0678. The maximum Gasteiger partial charge on any atom is 0.228 e. The van der Waals surface area contributed by atoms with E-state index in [1.165, 1.54) is 6.42 Å². The lowest BCUT2D eigenvalue weighted by Crippen LogP contribution is -2.48. The maximum atomic E-state index is 6.12. The van der Waals surface area contributed by atoms with Gasteiger partial charge in [-0.1, -0.05) is 19.0 Å². The first-order valence-corrected chi connectivity index (χ1v) is 5.68. The fourth-order valence-corrected chi connectivity index (χ4v) is 1.92. The minimum Gasteiger partial charge on any atom is -0.339 e. The first kappa shape index (κ1) is 10.6. The average Bonchev–Trinajstić information content (AvgIpc) is 2.48. The third kappa shape index (κ3) is 2.56. The Labute approximate surface area is 90.2 Å². The molecule has 4 heteroatoms. The van der Waals surface area contributed by atoms with E-state index in [2.05, 4.69) is 24.0 Å². The van der Waals surface area contributed by atoms with Gasteiger partial charge in [0.2, 0.25) is 5.89 Å². The monoisotopic (exact) mass is 209 g/mol. The standard InChI is InChI=1S/C11H19N3O/c1-8(2)6-9-13-10(15-14-9)7-11(12)4-3-5-11/h8H,3-7,12H2,1-2H3.